The number of amides is 2. The molecule has 3 aromatic carbocycles. The van der Waals surface area contributed by atoms with Crippen molar-refractivity contribution in [1.82, 2.24) is 10.2 Å². The zero-order valence-electron chi connectivity index (χ0n) is 20.5. The molecule has 37 heavy (non-hydrogen) atoms. The molecule has 1 atom stereocenters. The number of likely N-dealkylation sites (N-methyl/N-ethyl adjacent to an activating group) is 1. The van der Waals surface area contributed by atoms with Crippen molar-refractivity contribution in [2.75, 3.05) is 25.0 Å². The molecule has 0 radical (unpaired) electrons. The van der Waals surface area contributed by atoms with Gasteiger partial charge in [0.1, 0.15) is 18.3 Å². The fourth-order valence-electron chi connectivity index (χ4n) is 3.71. The Morgan fingerprint density at radius 3 is 2.27 bits per heavy atom. The fourth-order valence-corrected chi connectivity index (χ4v) is 5.53. The number of hydrogen-bond donors (Lipinski definition) is 1. The summed E-state index contributed by atoms with van der Waals surface area (Å²) in [7, 11) is -1.39. The summed E-state index contributed by atoms with van der Waals surface area (Å²) >= 11 is 12.3. The standard InChI is InChI=1S/C26H27Cl2N3O5S/c1-18(26(33)29-2)30(16-19-8-7-9-20(27)14-19)25(32)17-31(23-15-21(28)12-13-24(23)36-3)37(34,35)22-10-5-4-6-11-22/h4-15,18H,16-17H2,1-3H3,(H,29,33). The Hall–Kier alpha value is -3.27. The van der Waals surface area contributed by atoms with Crippen LogP contribution in [-0.2, 0) is 26.2 Å². The van der Waals surface area contributed by atoms with Crippen molar-refractivity contribution in [1.29, 1.82) is 0 Å². The Kier molecular flexibility index (Phi) is 9.42. The van der Waals surface area contributed by atoms with Crippen molar-refractivity contribution in [3.8, 4) is 5.75 Å². The van der Waals surface area contributed by atoms with Gasteiger partial charge in [-0.25, -0.2) is 8.42 Å². The summed E-state index contributed by atoms with van der Waals surface area (Å²) < 4.78 is 33.9. The van der Waals surface area contributed by atoms with Gasteiger partial charge in [0.25, 0.3) is 10.0 Å². The molecule has 0 saturated heterocycles. The van der Waals surface area contributed by atoms with Gasteiger partial charge >= 0.3 is 0 Å². The molecule has 11 heteroatoms. The SMILES string of the molecule is CNC(=O)C(C)N(Cc1cccc(Cl)c1)C(=O)CN(c1cc(Cl)ccc1OC)S(=O)(=O)c1ccccc1. The normalized spacial score (nSPS) is 11.9. The summed E-state index contributed by atoms with van der Waals surface area (Å²) in [6.07, 6.45) is 0. The van der Waals surface area contributed by atoms with Crippen LogP contribution in [0.1, 0.15) is 12.5 Å². The van der Waals surface area contributed by atoms with E-state index in [2.05, 4.69) is 5.32 Å². The lowest BCUT2D eigenvalue weighted by molar-refractivity contribution is -0.139. The number of carbonyl (C=O) groups is 2. The highest BCUT2D eigenvalue weighted by Crippen LogP contribution is 2.35. The fraction of sp³-hybridized carbons (Fsp3) is 0.231. The van der Waals surface area contributed by atoms with E-state index < -0.39 is 34.4 Å². The summed E-state index contributed by atoms with van der Waals surface area (Å²) in [5.41, 5.74) is 0.761. The van der Waals surface area contributed by atoms with Crippen LogP contribution in [0.15, 0.2) is 77.7 Å². The van der Waals surface area contributed by atoms with E-state index in [0.29, 0.717) is 10.6 Å². The van der Waals surface area contributed by atoms with E-state index >= 15 is 0 Å². The van der Waals surface area contributed by atoms with Crippen LogP contribution in [0, 0.1) is 0 Å². The maximum Gasteiger partial charge on any atom is 0.264 e. The van der Waals surface area contributed by atoms with Crippen LogP contribution in [0.5, 0.6) is 5.75 Å². The smallest absolute Gasteiger partial charge is 0.264 e. The number of rotatable bonds is 10. The van der Waals surface area contributed by atoms with Gasteiger partial charge in [-0.1, -0.05) is 53.5 Å². The lowest BCUT2D eigenvalue weighted by atomic mass is 10.1. The monoisotopic (exact) mass is 563 g/mol. The lowest BCUT2D eigenvalue weighted by Crippen LogP contribution is -2.50. The first-order chi connectivity index (χ1) is 17.6. The van der Waals surface area contributed by atoms with Crippen LogP contribution < -0.4 is 14.4 Å². The second kappa shape index (κ2) is 12.3. The summed E-state index contributed by atoms with van der Waals surface area (Å²) in [4.78, 5) is 27.6. The number of nitrogens with zero attached hydrogens (tertiary/aromatic N) is 2. The van der Waals surface area contributed by atoms with Gasteiger partial charge in [-0.2, -0.15) is 0 Å². The number of hydrogen-bond acceptors (Lipinski definition) is 5. The third-order valence-electron chi connectivity index (χ3n) is 5.68. The van der Waals surface area contributed by atoms with Crippen LogP contribution >= 0.6 is 23.2 Å². The van der Waals surface area contributed by atoms with E-state index in [4.69, 9.17) is 27.9 Å². The Labute approximate surface area is 226 Å². The third-order valence-corrected chi connectivity index (χ3v) is 7.92. The van der Waals surface area contributed by atoms with Gasteiger partial charge in [0.05, 0.1) is 17.7 Å². The number of benzene rings is 3. The Bertz CT molecular complexity index is 1370. The summed E-state index contributed by atoms with van der Waals surface area (Å²) in [6, 6.07) is 18.2. The molecule has 1 unspecified atom stereocenters. The number of methoxy groups -OCH3 is 1. The first-order valence-electron chi connectivity index (χ1n) is 11.2. The minimum atomic E-state index is -4.24. The van der Waals surface area contributed by atoms with Crippen LogP contribution in [0.3, 0.4) is 0 Å². The van der Waals surface area contributed by atoms with Gasteiger partial charge in [0.2, 0.25) is 11.8 Å². The van der Waals surface area contributed by atoms with Gasteiger partial charge in [-0.05, 0) is 55.0 Å². The van der Waals surface area contributed by atoms with Gasteiger partial charge in [0, 0.05) is 23.6 Å². The first-order valence-corrected chi connectivity index (χ1v) is 13.4. The first kappa shape index (κ1) is 28.3. The van der Waals surface area contributed by atoms with E-state index in [9.17, 15) is 18.0 Å². The molecule has 3 rings (SSSR count). The maximum atomic E-state index is 13.8. The highest BCUT2D eigenvalue weighted by Gasteiger charge is 2.33. The molecule has 0 bridgehead atoms. The quantitative estimate of drug-likeness (QED) is 0.395. The molecule has 0 aromatic heterocycles. The Morgan fingerprint density at radius 2 is 1.65 bits per heavy atom. The van der Waals surface area contributed by atoms with E-state index in [1.807, 2.05) is 0 Å². The molecule has 0 aliphatic carbocycles. The molecular formula is C26H27Cl2N3O5S. The Balaban J connectivity index is 2.10. The number of ether oxygens (including phenoxy) is 1. The molecule has 0 fully saturated rings. The van der Waals surface area contributed by atoms with Crippen LogP contribution in [0.25, 0.3) is 0 Å². The molecule has 0 saturated carbocycles. The van der Waals surface area contributed by atoms with Crippen molar-refractivity contribution in [3.05, 3.63) is 88.4 Å². The van der Waals surface area contributed by atoms with Crippen LogP contribution in [0.4, 0.5) is 5.69 Å². The summed E-state index contributed by atoms with van der Waals surface area (Å²) in [6.45, 7) is 0.979. The summed E-state index contributed by atoms with van der Waals surface area (Å²) in [5, 5.41) is 3.26. The molecule has 0 aliphatic heterocycles. The van der Waals surface area contributed by atoms with Gasteiger partial charge in [-0.15, -0.1) is 0 Å². The van der Waals surface area contributed by atoms with Gasteiger partial charge < -0.3 is 15.0 Å². The highest BCUT2D eigenvalue weighted by atomic mass is 35.5. The van der Waals surface area contributed by atoms with E-state index in [1.54, 1.807) is 55.5 Å². The third kappa shape index (κ3) is 6.74. The Morgan fingerprint density at radius 1 is 0.973 bits per heavy atom. The summed E-state index contributed by atoms with van der Waals surface area (Å²) in [5.74, 6) is -0.816. The molecule has 0 aliphatic rings. The maximum absolute atomic E-state index is 13.8. The molecule has 0 spiro atoms. The number of carbonyl (C=O) groups excluding carboxylic acids is 2. The average molecular weight is 564 g/mol. The van der Waals surface area contributed by atoms with E-state index in [0.717, 1.165) is 4.31 Å². The topological polar surface area (TPSA) is 96.0 Å². The lowest BCUT2D eigenvalue weighted by Gasteiger charge is -2.32. The van der Waals surface area contributed by atoms with Crippen molar-refractivity contribution in [3.63, 3.8) is 0 Å². The zero-order valence-corrected chi connectivity index (χ0v) is 22.8. The molecular weight excluding hydrogens is 537 g/mol. The van der Waals surface area contributed by atoms with E-state index in [-0.39, 0.29) is 27.9 Å². The number of sulfonamides is 1. The molecule has 2 amide bonds. The highest BCUT2D eigenvalue weighted by molar-refractivity contribution is 7.92. The second-order valence-electron chi connectivity index (χ2n) is 8.08. The zero-order chi connectivity index (χ0) is 27.2. The van der Waals surface area contributed by atoms with Crippen molar-refractivity contribution in [2.24, 2.45) is 0 Å². The minimum absolute atomic E-state index is 0.0226. The molecule has 1 N–H and O–H groups in total. The largest absolute Gasteiger partial charge is 0.495 e. The van der Waals surface area contributed by atoms with Crippen molar-refractivity contribution < 1.29 is 22.7 Å². The molecule has 0 heterocycles. The molecule has 8 nitrogen and oxygen atoms in total. The van der Waals surface area contributed by atoms with Crippen molar-refractivity contribution in [2.45, 2.75) is 24.4 Å². The average Bonchev–Trinajstić information content (AvgIpc) is 2.89. The molecule has 3 aromatic rings. The van der Waals surface area contributed by atoms with Crippen LogP contribution in [0.2, 0.25) is 10.0 Å². The van der Waals surface area contributed by atoms with Crippen LogP contribution in [-0.4, -0.2) is 51.9 Å². The van der Waals surface area contributed by atoms with Gasteiger partial charge in [-0.3, -0.25) is 13.9 Å². The number of anilines is 1. The predicted molar refractivity (Wildman–Crippen MR) is 145 cm³/mol. The number of nitrogens with one attached hydrogen (secondary N) is 1. The minimum Gasteiger partial charge on any atom is -0.495 e. The number of halogens is 2. The molecule has 196 valence electrons. The predicted octanol–water partition coefficient (Wildman–Crippen LogP) is 4.36. The van der Waals surface area contributed by atoms with Gasteiger partial charge in [0.15, 0.2) is 0 Å². The second-order valence-corrected chi connectivity index (χ2v) is 10.8. The van der Waals surface area contributed by atoms with Crippen molar-refractivity contribution >= 4 is 50.7 Å². The van der Waals surface area contributed by atoms with E-state index in [1.165, 1.54) is 43.3 Å².